The maximum Gasteiger partial charge on any atom is 0.225 e. The Morgan fingerprint density at radius 3 is 2.20 bits per heavy atom. The SMILES string of the molecule is CC(C)(C)c1ccc(OC2CCN(C(=O)[C@H]3C[C@@](C)(O)C3)CC2)cc1. The number of nitrogens with zero attached hydrogens (tertiary/aromatic N) is 1. The van der Waals surface area contributed by atoms with E-state index in [2.05, 4.69) is 45.0 Å². The van der Waals surface area contributed by atoms with E-state index in [1.165, 1.54) is 5.56 Å². The van der Waals surface area contributed by atoms with E-state index in [-0.39, 0.29) is 23.3 Å². The number of aliphatic hydroxyl groups is 1. The van der Waals surface area contributed by atoms with Crippen molar-refractivity contribution in [2.24, 2.45) is 5.92 Å². The number of ether oxygens (including phenoxy) is 1. The molecule has 0 atom stereocenters. The smallest absolute Gasteiger partial charge is 0.225 e. The highest BCUT2D eigenvalue weighted by Crippen LogP contribution is 2.38. The van der Waals surface area contributed by atoms with Crippen LogP contribution in [-0.2, 0) is 10.2 Å². The highest BCUT2D eigenvalue weighted by atomic mass is 16.5. The minimum Gasteiger partial charge on any atom is -0.490 e. The van der Waals surface area contributed by atoms with Gasteiger partial charge in [-0.1, -0.05) is 32.9 Å². The van der Waals surface area contributed by atoms with Crippen LogP contribution in [0, 0.1) is 5.92 Å². The molecule has 1 saturated carbocycles. The van der Waals surface area contributed by atoms with Gasteiger partial charge in [0, 0.05) is 31.8 Å². The van der Waals surface area contributed by atoms with Crippen LogP contribution in [0.5, 0.6) is 5.75 Å². The molecule has 25 heavy (non-hydrogen) atoms. The predicted octanol–water partition coefficient (Wildman–Crippen LogP) is 3.51. The third-order valence-electron chi connectivity index (χ3n) is 5.50. The topological polar surface area (TPSA) is 49.8 Å². The van der Waals surface area contributed by atoms with Crippen molar-refractivity contribution < 1.29 is 14.6 Å². The van der Waals surface area contributed by atoms with Crippen LogP contribution in [0.15, 0.2) is 24.3 Å². The number of hydrogen-bond donors (Lipinski definition) is 1. The second-order valence-electron chi connectivity index (χ2n) is 9.02. The molecule has 0 spiro atoms. The van der Waals surface area contributed by atoms with Crippen LogP contribution in [0.2, 0.25) is 0 Å². The summed E-state index contributed by atoms with van der Waals surface area (Å²) in [5.74, 6) is 1.13. The maximum absolute atomic E-state index is 12.4. The van der Waals surface area contributed by atoms with Crippen LogP contribution >= 0.6 is 0 Å². The first-order valence-electron chi connectivity index (χ1n) is 9.42. The summed E-state index contributed by atoms with van der Waals surface area (Å²) < 4.78 is 6.11. The van der Waals surface area contributed by atoms with Crippen molar-refractivity contribution in [2.45, 2.75) is 70.5 Å². The van der Waals surface area contributed by atoms with Crippen LogP contribution < -0.4 is 4.74 Å². The van der Waals surface area contributed by atoms with Crippen molar-refractivity contribution in [1.29, 1.82) is 0 Å². The van der Waals surface area contributed by atoms with Gasteiger partial charge in [-0.3, -0.25) is 4.79 Å². The number of hydrogen-bond acceptors (Lipinski definition) is 3. The zero-order chi connectivity index (χ0) is 18.2. The molecule has 2 fully saturated rings. The zero-order valence-corrected chi connectivity index (χ0v) is 15.9. The third-order valence-corrected chi connectivity index (χ3v) is 5.50. The molecule has 1 aliphatic carbocycles. The maximum atomic E-state index is 12.4. The molecule has 2 aliphatic rings. The van der Waals surface area contributed by atoms with E-state index < -0.39 is 5.60 Å². The van der Waals surface area contributed by atoms with Crippen molar-refractivity contribution in [1.82, 2.24) is 4.90 Å². The lowest BCUT2D eigenvalue weighted by molar-refractivity contribution is -0.151. The van der Waals surface area contributed by atoms with Crippen LogP contribution in [0.25, 0.3) is 0 Å². The molecule has 1 aromatic carbocycles. The van der Waals surface area contributed by atoms with Crippen molar-refractivity contribution in [3.63, 3.8) is 0 Å². The summed E-state index contributed by atoms with van der Waals surface area (Å²) in [6.45, 7) is 9.93. The van der Waals surface area contributed by atoms with E-state index in [0.29, 0.717) is 12.8 Å². The lowest BCUT2D eigenvalue weighted by Gasteiger charge is -2.43. The largest absolute Gasteiger partial charge is 0.490 e. The van der Waals surface area contributed by atoms with Crippen molar-refractivity contribution in [2.75, 3.05) is 13.1 Å². The number of likely N-dealkylation sites (tertiary alicyclic amines) is 1. The second-order valence-corrected chi connectivity index (χ2v) is 9.02. The highest BCUT2D eigenvalue weighted by Gasteiger charge is 2.44. The molecule has 1 saturated heterocycles. The van der Waals surface area contributed by atoms with Gasteiger partial charge < -0.3 is 14.7 Å². The molecule has 0 radical (unpaired) electrons. The average molecular weight is 345 g/mol. The first kappa shape index (κ1) is 18.2. The summed E-state index contributed by atoms with van der Waals surface area (Å²) in [5, 5.41) is 9.82. The van der Waals surface area contributed by atoms with E-state index in [9.17, 15) is 9.90 Å². The van der Waals surface area contributed by atoms with Gasteiger partial charge in [-0.25, -0.2) is 0 Å². The highest BCUT2D eigenvalue weighted by molar-refractivity contribution is 5.80. The minimum absolute atomic E-state index is 0.0115. The van der Waals surface area contributed by atoms with E-state index in [1.54, 1.807) is 0 Å². The molecule has 1 heterocycles. The number of amides is 1. The van der Waals surface area contributed by atoms with Gasteiger partial charge in [-0.2, -0.15) is 0 Å². The van der Waals surface area contributed by atoms with Crippen molar-refractivity contribution in [3.05, 3.63) is 29.8 Å². The fraction of sp³-hybridized carbons (Fsp3) is 0.667. The Hall–Kier alpha value is -1.55. The number of carbonyl (C=O) groups is 1. The van der Waals surface area contributed by atoms with Gasteiger partial charge in [0.1, 0.15) is 11.9 Å². The predicted molar refractivity (Wildman–Crippen MR) is 98.7 cm³/mol. The molecule has 3 rings (SSSR count). The van der Waals surface area contributed by atoms with Gasteiger partial charge in [-0.05, 0) is 42.9 Å². The third kappa shape index (κ3) is 4.35. The molecule has 0 bridgehead atoms. The lowest BCUT2D eigenvalue weighted by atomic mass is 9.71. The molecule has 0 unspecified atom stereocenters. The van der Waals surface area contributed by atoms with E-state index in [0.717, 1.165) is 31.7 Å². The molecule has 0 aromatic heterocycles. The van der Waals surface area contributed by atoms with Gasteiger partial charge in [0.2, 0.25) is 5.91 Å². The van der Waals surface area contributed by atoms with Gasteiger partial charge in [-0.15, -0.1) is 0 Å². The van der Waals surface area contributed by atoms with Crippen molar-refractivity contribution >= 4 is 5.91 Å². The Bertz CT molecular complexity index is 599. The van der Waals surface area contributed by atoms with Gasteiger partial charge in [0.15, 0.2) is 0 Å². The molecule has 1 aromatic rings. The fourth-order valence-electron chi connectivity index (χ4n) is 3.85. The van der Waals surface area contributed by atoms with Crippen LogP contribution in [0.1, 0.15) is 58.9 Å². The quantitative estimate of drug-likeness (QED) is 0.912. The molecule has 1 aliphatic heterocycles. The Labute approximate surface area is 151 Å². The minimum atomic E-state index is -0.638. The molecular formula is C21H31NO3. The van der Waals surface area contributed by atoms with E-state index >= 15 is 0 Å². The molecule has 1 N–H and O–H groups in total. The van der Waals surface area contributed by atoms with Gasteiger partial charge in [0.05, 0.1) is 5.60 Å². The number of benzene rings is 1. The summed E-state index contributed by atoms with van der Waals surface area (Å²) in [5.41, 5.74) is 0.814. The first-order chi connectivity index (χ1) is 11.6. The molecule has 138 valence electrons. The normalized spacial score (nSPS) is 27.7. The van der Waals surface area contributed by atoms with E-state index in [4.69, 9.17) is 4.74 Å². The monoisotopic (exact) mass is 345 g/mol. The molecule has 4 nitrogen and oxygen atoms in total. The number of rotatable bonds is 3. The van der Waals surface area contributed by atoms with Gasteiger partial charge in [0.25, 0.3) is 0 Å². The fourth-order valence-corrected chi connectivity index (χ4v) is 3.85. The molecule has 1 amide bonds. The van der Waals surface area contributed by atoms with Crippen LogP contribution in [-0.4, -0.2) is 40.7 Å². The standard InChI is InChI=1S/C21H31NO3/c1-20(2,3)16-5-7-17(8-6-16)25-18-9-11-22(12-10-18)19(23)15-13-21(4,24)14-15/h5-8,15,18,24H,9-14H2,1-4H3/t15-,21+. The Morgan fingerprint density at radius 2 is 1.72 bits per heavy atom. The Kier molecular flexibility index (Phi) is 4.84. The van der Waals surface area contributed by atoms with Gasteiger partial charge >= 0.3 is 0 Å². The average Bonchev–Trinajstić information content (AvgIpc) is 2.52. The first-order valence-corrected chi connectivity index (χ1v) is 9.42. The summed E-state index contributed by atoms with van der Waals surface area (Å²) in [6, 6.07) is 8.37. The zero-order valence-electron chi connectivity index (χ0n) is 15.9. The van der Waals surface area contributed by atoms with E-state index in [1.807, 2.05) is 11.8 Å². The molecule has 4 heteroatoms. The Morgan fingerprint density at radius 1 is 1.16 bits per heavy atom. The number of piperidine rings is 1. The Balaban J connectivity index is 1.47. The van der Waals surface area contributed by atoms with Crippen molar-refractivity contribution in [3.8, 4) is 5.75 Å². The lowest BCUT2D eigenvalue weighted by Crippen LogP contribution is -2.51. The number of carbonyl (C=O) groups excluding carboxylic acids is 1. The molecular weight excluding hydrogens is 314 g/mol. The summed E-state index contributed by atoms with van der Waals surface area (Å²) >= 11 is 0. The summed E-state index contributed by atoms with van der Waals surface area (Å²) in [4.78, 5) is 14.4. The van der Waals surface area contributed by atoms with Crippen LogP contribution in [0.3, 0.4) is 0 Å². The van der Waals surface area contributed by atoms with Crippen LogP contribution in [0.4, 0.5) is 0 Å². The summed E-state index contributed by atoms with van der Waals surface area (Å²) in [6.07, 6.45) is 3.12. The summed E-state index contributed by atoms with van der Waals surface area (Å²) in [7, 11) is 0. The second kappa shape index (κ2) is 6.64.